The summed E-state index contributed by atoms with van der Waals surface area (Å²) in [5.74, 6) is 0.164. The van der Waals surface area contributed by atoms with E-state index in [2.05, 4.69) is 17.1 Å². The fourth-order valence-corrected chi connectivity index (χ4v) is 3.73. The molecule has 21 heavy (non-hydrogen) atoms. The molecule has 1 atom stereocenters. The molecule has 0 aromatic heterocycles. The van der Waals surface area contributed by atoms with Crippen LogP contribution in [-0.4, -0.2) is 49.2 Å². The Hall–Kier alpha value is -0.610. The van der Waals surface area contributed by atoms with E-state index >= 15 is 0 Å². The molecule has 1 aliphatic heterocycles. The zero-order valence-corrected chi connectivity index (χ0v) is 13.8. The van der Waals surface area contributed by atoms with E-state index in [1.165, 1.54) is 38.9 Å². The fourth-order valence-electron chi connectivity index (χ4n) is 3.73. The Labute approximate surface area is 129 Å². The van der Waals surface area contributed by atoms with Crippen LogP contribution in [0.4, 0.5) is 0 Å². The van der Waals surface area contributed by atoms with Gasteiger partial charge in [0, 0.05) is 12.1 Å². The molecular formula is C17H32N2O2. The van der Waals surface area contributed by atoms with Gasteiger partial charge in [0.25, 0.3) is 0 Å². The molecule has 0 amide bonds. The van der Waals surface area contributed by atoms with Gasteiger partial charge in [-0.3, -0.25) is 4.79 Å². The van der Waals surface area contributed by atoms with Crippen molar-refractivity contribution >= 4 is 5.97 Å². The lowest BCUT2D eigenvalue weighted by atomic mass is 9.85. The molecule has 0 radical (unpaired) electrons. The van der Waals surface area contributed by atoms with E-state index in [4.69, 9.17) is 4.74 Å². The van der Waals surface area contributed by atoms with Crippen molar-refractivity contribution < 1.29 is 9.53 Å². The largest absolute Gasteiger partial charge is 0.466 e. The summed E-state index contributed by atoms with van der Waals surface area (Å²) in [5, 5.41) is 3.86. The number of rotatable bonds is 5. The molecule has 0 spiro atoms. The average molecular weight is 296 g/mol. The molecule has 2 rings (SSSR count). The third-order valence-electron chi connectivity index (χ3n) is 5.09. The second-order valence-electron chi connectivity index (χ2n) is 6.53. The van der Waals surface area contributed by atoms with E-state index in [0.717, 1.165) is 25.7 Å². The van der Waals surface area contributed by atoms with Crippen molar-refractivity contribution in [1.82, 2.24) is 10.2 Å². The van der Waals surface area contributed by atoms with Gasteiger partial charge in [0.05, 0.1) is 12.5 Å². The number of nitrogens with one attached hydrogen (secondary N) is 1. The summed E-state index contributed by atoms with van der Waals surface area (Å²) in [7, 11) is 0. The van der Waals surface area contributed by atoms with Crippen LogP contribution in [0.3, 0.4) is 0 Å². The van der Waals surface area contributed by atoms with Crippen LogP contribution in [0.15, 0.2) is 0 Å². The Bertz CT molecular complexity index is 314. The summed E-state index contributed by atoms with van der Waals surface area (Å²) in [6.07, 6.45) is 8.10. The fraction of sp³-hybridized carbons (Fsp3) is 0.941. The molecule has 0 aromatic rings. The van der Waals surface area contributed by atoms with E-state index in [1.807, 2.05) is 6.92 Å². The predicted octanol–water partition coefficient (Wildman–Crippen LogP) is 2.57. The minimum atomic E-state index is 0.0176. The summed E-state index contributed by atoms with van der Waals surface area (Å²) in [5.41, 5.74) is 0. The van der Waals surface area contributed by atoms with Crippen LogP contribution < -0.4 is 5.32 Å². The molecule has 122 valence electrons. The number of carbonyl (C=O) groups excluding carboxylic acids is 1. The third-order valence-corrected chi connectivity index (χ3v) is 5.09. The number of likely N-dealkylation sites (tertiary alicyclic amines) is 1. The molecule has 4 heteroatoms. The van der Waals surface area contributed by atoms with E-state index in [-0.39, 0.29) is 11.9 Å². The van der Waals surface area contributed by atoms with Gasteiger partial charge in [-0.2, -0.15) is 0 Å². The van der Waals surface area contributed by atoms with Gasteiger partial charge in [-0.25, -0.2) is 0 Å². The SMILES string of the molecule is CCOC(=O)C1CCC(NC2CCCN(CC)CC2)CC1. The maximum Gasteiger partial charge on any atom is 0.308 e. The van der Waals surface area contributed by atoms with Crippen LogP contribution in [0.2, 0.25) is 0 Å². The smallest absolute Gasteiger partial charge is 0.308 e. The molecule has 1 aliphatic carbocycles. The number of ether oxygens (including phenoxy) is 1. The Morgan fingerprint density at radius 3 is 2.43 bits per heavy atom. The van der Waals surface area contributed by atoms with Crippen molar-refractivity contribution in [2.24, 2.45) is 5.92 Å². The van der Waals surface area contributed by atoms with E-state index in [1.54, 1.807) is 0 Å². The van der Waals surface area contributed by atoms with Crippen LogP contribution >= 0.6 is 0 Å². The molecule has 2 fully saturated rings. The number of hydrogen-bond acceptors (Lipinski definition) is 4. The maximum absolute atomic E-state index is 11.8. The standard InChI is InChI=1S/C17H32N2O2/c1-3-19-12-5-6-15(11-13-19)18-16-9-7-14(8-10-16)17(20)21-4-2/h14-16,18H,3-13H2,1-2H3. The Morgan fingerprint density at radius 2 is 1.76 bits per heavy atom. The Balaban J connectivity index is 1.69. The summed E-state index contributed by atoms with van der Waals surface area (Å²) in [6, 6.07) is 1.28. The average Bonchev–Trinajstić information content (AvgIpc) is 2.73. The minimum absolute atomic E-state index is 0.0176. The number of carbonyl (C=O) groups is 1. The third kappa shape index (κ3) is 5.26. The molecule has 1 saturated carbocycles. The normalized spacial score (nSPS) is 31.6. The first-order valence-electron chi connectivity index (χ1n) is 8.88. The highest BCUT2D eigenvalue weighted by Crippen LogP contribution is 2.26. The summed E-state index contributed by atoms with van der Waals surface area (Å²) >= 11 is 0. The van der Waals surface area contributed by atoms with Crippen molar-refractivity contribution in [1.29, 1.82) is 0 Å². The highest BCUT2D eigenvalue weighted by atomic mass is 16.5. The van der Waals surface area contributed by atoms with E-state index in [0.29, 0.717) is 18.7 Å². The first kappa shape index (κ1) is 16.8. The van der Waals surface area contributed by atoms with Crippen molar-refractivity contribution in [3.8, 4) is 0 Å². The molecule has 2 aliphatic rings. The van der Waals surface area contributed by atoms with Crippen LogP contribution in [0.25, 0.3) is 0 Å². The van der Waals surface area contributed by atoms with Crippen LogP contribution in [0.5, 0.6) is 0 Å². The van der Waals surface area contributed by atoms with Crippen molar-refractivity contribution in [2.75, 3.05) is 26.2 Å². The van der Waals surface area contributed by atoms with Gasteiger partial charge in [0.1, 0.15) is 0 Å². The van der Waals surface area contributed by atoms with Gasteiger partial charge in [-0.15, -0.1) is 0 Å². The highest BCUT2D eigenvalue weighted by Gasteiger charge is 2.28. The quantitative estimate of drug-likeness (QED) is 0.792. The van der Waals surface area contributed by atoms with E-state index < -0.39 is 0 Å². The first-order chi connectivity index (χ1) is 10.2. The topological polar surface area (TPSA) is 41.6 Å². The van der Waals surface area contributed by atoms with Crippen molar-refractivity contribution in [3.05, 3.63) is 0 Å². The van der Waals surface area contributed by atoms with Crippen LogP contribution in [-0.2, 0) is 9.53 Å². The number of hydrogen-bond donors (Lipinski definition) is 1. The Morgan fingerprint density at radius 1 is 1.05 bits per heavy atom. The monoisotopic (exact) mass is 296 g/mol. The van der Waals surface area contributed by atoms with Crippen LogP contribution in [0.1, 0.15) is 58.8 Å². The zero-order valence-electron chi connectivity index (χ0n) is 13.8. The Kier molecular flexibility index (Phi) is 6.97. The lowest BCUT2D eigenvalue weighted by Gasteiger charge is -2.31. The lowest BCUT2D eigenvalue weighted by Crippen LogP contribution is -2.42. The second kappa shape index (κ2) is 8.74. The molecule has 1 N–H and O–H groups in total. The van der Waals surface area contributed by atoms with Gasteiger partial charge >= 0.3 is 5.97 Å². The van der Waals surface area contributed by atoms with Gasteiger partial charge in [-0.1, -0.05) is 6.92 Å². The summed E-state index contributed by atoms with van der Waals surface area (Å²) in [6.45, 7) is 8.31. The van der Waals surface area contributed by atoms with Gasteiger partial charge in [-0.05, 0) is 71.5 Å². The van der Waals surface area contributed by atoms with Crippen molar-refractivity contribution in [2.45, 2.75) is 70.9 Å². The first-order valence-corrected chi connectivity index (χ1v) is 8.88. The molecule has 1 unspecified atom stereocenters. The van der Waals surface area contributed by atoms with Crippen molar-refractivity contribution in [3.63, 3.8) is 0 Å². The zero-order chi connectivity index (χ0) is 15.1. The highest BCUT2D eigenvalue weighted by molar-refractivity contribution is 5.72. The molecule has 0 aromatic carbocycles. The van der Waals surface area contributed by atoms with Gasteiger partial charge < -0.3 is 15.0 Å². The second-order valence-corrected chi connectivity index (χ2v) is 6.53. The molecule has 4 nitrogen and oxygen atoms in total. The van der Waals surface area contributed by atoms with E-state index in [9.17, 15) is 4.79 Å². The number of nitrogens with zero attached hydrogens (tertiary/aromatic N) is 1. The molecule has 1 heterocycles. The minimum Gasteiger partial charge on any atom is -0.466 e. The van der Waals surface area contributed by atoms with Gasteiger partial charge in [0.2, 0.25) is 0 Å². The molecule has 0 bridgehead atoms. The summed E-state index contributed by atoms with van der Waals surface area (Å²) in [4.78, 5) is 14.3. The maximum atomic E-state index is 11.8. The number of esters is 1. The van der Waals surface area contributed by atoms with Crippen LogP contribution in [0, 0.1) is 5.92 Å². The predicted molar refractivity (Wildman–Crippen MR) is 85.3 cm³/mol. The molecule has 1 saturated heterocycles. The lowest BCUT2D eigenvalue weighted by molar-refractivity contribution is -0.149. The summed E-state index contributed by atoms with van der Waals surface area (Å²) < 4.78 is 5.14. The molecular weight excluding hydrogens is 264 g/mol. The van der Waals surface area contributed by atoms with Gasteiger partial charge in [0.15, 0.2) is 0 Å².